The van der Waals surface area contributed by atoms with Crippen LogP contribution in [-0.4, -0.2) is 29.2 Å². The van der Waals surface area contributed by atoms with Gasteiger partial charge in [0.25, 0.3) is 0 Å². The van der Waals surface area contributed by atoms with E-state index in [0.717, 1.165) is 31.6 Å². The van der Waals surface area contributed by atoms with Gasteiger partial charge in [-0.2, -0.15) is 0 Å². The highest BCUT2D eigenvalue weighted by atomic mass is 32.2. The number of rotatable bonds is 4. The smallest absolute Gasteiger partial charge is 0.224 e. The van der Waals surface area contributed by atoms with E-state index in [1.54, 1.807) is 0 Å². The molecule has 3 aliphatic rings. The third kappa shape index (κ3) is 2.59. The molecule has 1 N–H and O–H groups in total. The minimum atomic E-state index is 0.0574. The van der Waals surface area contributed by atoms with Gasteiger partial charge >= 0.3 is 0 Å². The molecule has 2 aliphatic heterocycles. The zero-order valence-corrected chi connectivity index (χ0v) is 13.7. The molecule has 1 fully saturated rings. The molecule has 2 heterocycles. The van der Waals surface area contributed by atoms with Crippen molar-refractivity contribution < 1.29 is 4.79 Å². The molecule has 21 heavy (non-hydrogen) atoms. The van der Waals surface area contributed by atoms with Gasteiger partial charge in [0, 0.05) is 18.5 Å². The third-order valence-electron chi connectivity index (χ3n) is 5.10. The first-order valence-corrected chi connectivity index (χ1v) is 8.97. The normalized spacial score (nSPS) is 34.9. The van der Waals surface area contributed by atoms with Gasteiger partial charge < -0.3 is 5.32 Å². The minimum Gasteiger partial charge on any atom is -0.356 e. The maximum atomic E-state index is 12.6. The number of aliphatic imine (C=N–C) groups is 1. The molecule has 4 atom stereocenters. The van der Waals surface area contributed by atoms with Crippen LogP contribution < -0.4 is 5.32 Å². The van der Waals surface area contributed by atoms with Crippen molar-refractivity contribution in [2.45, 2.75) is 37.9 Å². The lowest BCUT2D eigenvalue weighted by atomic mass is 9.73. The van der Waals surface area contributed by atoms with E-state index in [2.05, 4.69) is 42.4 Å². The zero-order valence-electron chi connectivity index (χ0n) is 12.8. The number of carbonyl (C=O) groups is 1. The zero-order chi connectivity index (χ0) is 14.9. The Morgan fingerprint density at radius 1 is 1.62 bits per heavy atom. The number of nitrogens with zero attached hydrogens (tertiary/aromatic N) is 1. The Morgan fingerprint density at radius 3 is 3.29 bits per heavy atom. The second kappa shape index (κ2) is 5.99. The summed E-state index contributed by atoms with van der Waals surface area (Å²) in [5, 5.41) is 3.17. The molecule has 1 aliphatic carbocycles. The van der Waals surface area contributed by atoms with Gasteiger partial charge in [0.2, 0.25) is 5.91 Å². The largest absolute Gasteiger partial charge is 0.356 e. The number of nitrogens with one attached hydrogen (secondary N) is 1. The fourth-order valence-corrected chi connectivity index (χ4v) is 5.31. The molecule has 0 radical (unpaired) electrons. The van der Waals surface area contributed by atoms with Crippen molar-refractivity contribution in [2.24, 2.45) is 22.7 Å². The number of hydrogen-bond donors (Lipinski definition) is 1. The molecule has 0 aromatic heterocycles. The maximum Gasteiger partial charge on any atom is 0.224 e. The first kappa shape index (κ1) is 14.9. The summed E-state index contributed by atoms with van der Waals surface area (Å²) >= 11 is 1.94. The van der Waals surface area contributed by atoms with Gasteiger partial charge in [-0.3, -0.25) is 9.79 Å². The molecule has 3 unspecified atom stereocenters. The molecule has 114 valence electrons. The lowest BCUT2D eigenvalue weighted by Crippen LogP contribution is -2.43. The van der Waals surface area contributed by atoms with E-state index in [9.17, 15) is 4.79 Å². The Kier molecular flexibility index (Phi) is 4.25. The summed E-state index contributed by atoms with van der Waals surface area (Å²) in [6, 6.07) is 0. The van der Waals surface area contributed by atoms with Crippen molar-refractivity contribution in [1.82, 2.24) is 5.32 Å². The summed E-state index contributed by atoms with van der Waals surface area (Å²) in [7, 11) is 0. The van der Waals surface area contributed by atoms with Crippen LogP contribution in [0.15, 0.2) is 28.9 Å². The summed E-state index contributed by atoms with van der Waals surface area (Å²) in [6.45, 7) is 5.15. The molecule has 4 heteroatoms. The lowest BCUT2D eigenvalue weighted by molar-refractivity contribution is -0.126. The van der Waals surface area contributed by atoms with Crippen LogP contribution in [0.1, 0.15) is 33.1 Å². The minimum absolute atomic E-state index is 0.0574. The van der Waals surface area contributed by atoms with Crippen LogP contribution in [0.2, 0.25) is 0 Å². The molecule has 1 spiro atoms. The number of thioether (sulfide) groups is 1. The SMILES string of the molecule is CCC(C)CNC(=O)C1CS[C@]23CC=CC=C2N=CCC13. The second-order valence-electron chi connectivity index (χ2n) is 6.40. The summed E-state index contributed by atoms with van der Waals surface area (Å²) in [5.74, 6) is 2.24. The summed E-state index contributed by atoms with van der Waals surface area (Å²) in [5.41, 5.74) is 1.17. The van der Waals surface area contributed by atoms with E-state index in [1.807, 2.05) is 18.0 Å². The number of amides is 1. The highest BCUT2D eigenvalue weighted by Crippen LogP contribution is 2.56. The Balaban J connectivity index is 1.73. The van der Waals surface area contributed by atoms with Crippen LogP contribution in [0.3, 0.4) is 0 Å². The maximum absolute atomic E-state index is 12.6. The van der Waals surface area contributed by atoms with Crippen molar-refractivity contribution in [3.8, 4) is 0 Å². The van der Waals surface area contributed by atoms with Crippen LogP contribution in [-0.2, 0) is 4.79 Å². The van der Waals surface area contributed by atoms with Crippen molar-refractivity contribution >= 4 is 23.9 Å². The molecule has 0 aromatic rings. The fraction of sp³-hybridized carbons (Fsp3) is 0.647. The monoisotopic (exact) mass is 304 g/mol. The van der Waals surface area contributed by atoms with Crippen LogP contribution >= 0.6 is 11.8 Å². The van der Waals surface area contributed by atoms with E-state index in [1.165, 1.54) is 5.70 Å². The van der Waals surface area contributed by atoms with E-state index >= 15 is 0 Å². The molecule has 3 rings (SSSR count). The molecule has 0 saturated carbocycles. The summed E-state index contributed by atoms with van der Waals surface area (Å²) in [4.78, 5) is 17.2. The molecule has 1 saturated heterocycles. The van der Waals surface area contributed by atoms with Crippen molar-refractivity contribution in [1.29, 1.82) is 0 Å². The first-order valence-electron chi connectivity index (χ1n) is 7.99. The second-order valence-corrected chi connectivity index (χ2v) is 7.75. The van der Waals surface area contributed by atoms with Crippen LogP contribution in [0.25, 0.3) is 0 Å². The van der Waals surface area contributed by atoms with Gasteiger partial charge in [-0.1, -0.05) is 32.4 Å². The molecule has 3 nitrogen and oxygen atoms in total. The highest BCUT2D eigenvalue weighted by molar-refractivity contribution is 8.01. The molecule has 1 amide bonds. The predicted molar refractivity (Wildman–Crippen MR) is 89.6 cm³/mol. The van der Waals surface area contributed by atoms with Gasteiger partial charge in [0.05, 0.1) is 16.4 Å². The molecule has 0 aromatic carbocycles. The van der Waals surface area contributed by atoms with Gasteiger partial charge in [0.15, 0.2) is 0 Å². The van der Waals surface area contributed by atoms with Gasteiger partial charge in [0.1, 0.15) is 0 Å². The van der Waals surface area contributed by atoms with E-state index in [0.29, 0.717) is 11.8 Å². The standard InChI is InChI=1S/C17H24N2OS/c1-3-12(2)10-19-16(20)13-11-21-17-8-5-4-6-15(17)18-9-7-14(13)17/h4-6,9,12-14H,3,7-8,10-11H2,1-2H3,(H,19,20)/t12?,13?,14?,17-/m0/s1. The quantitative estimate of drug-likeness (QED) is 0.866. The van der Waals surface area contributed by atoms with Gasteiger partial charge in [-0.15, -0.1) is 11.8 Å². The van der Waals surface area contributed by atoms with E-state index in [4.69, 9.17) is 0 Å². The average molecular weight is 304 g/mol. The summed E-state index contributed by atoms with van der Waals surface area (Å²) in [6.07, 6.45) is 11.5. The van der Waals surface area contributed by atoms with Crippen molar-refractivity contribution in [2.75, 3.05) is 12.3 Å². The predicted octanol–water partition coefficient (Wildman–Crippen LogP) is 3.19. The molecular weight excluding hydrogens is 280 g/mol. The lowest BCUT2D eigenvalue weighted by Gasteiger charge is -2.39. The molecular formula is C17H24N2OS. The Morgan fingerprint density at radius 2 is 2.48 bits per heavy atom. The van der Waals surface area contributed by atoms with Gasteiger partial charge in [-0.25, -0.2) is 0 Å². The number of hydrogen-bond acceptors (Lipinski definition) is 3. The number of carbonyl (C=O) groups excluding carboxylic acids is 1. The topological polar surface area (TPSA) is 41.5 Å². The Hall–Kier alpha value is -1.03. The third-order valence-corrected chi connectivity index (χ3v) is 6.82. The van der Waals surface area contributed by atoms with E-state index in [-0.39, 0.29) is 16.6 Å². The Labute approximate surface area is 131 Å². The highest BCUT2D eigenvalue weighted by Gasteiger charge is 2.54. The number of allylic oxidation sites excluding steroid dienone is 3. The Bertz CT molecular complexity index is 511. The summed E-state index contributed by atoms with van der Waals surface area (Å²) < 4.78 is 0.0574. The van der Waals surface area contributed by atoms with Crippen molar-refractivity contribution in [3.05, 3.63) is 23.9 Å². The average Bonchev–Trinajstić information content (AvgIpc) is 2.90. The van der Waals surface area contributed by atoms with E-state index < -0.39 is 0 Å². The van der Waals surface area contributed by atoms with Gasteiger partial charge in [-0.05, 0) is 30.8 Å². The fourth-order valence-electron chi connectivity index (χ4n) is 3.49. The van der Waals surface area contributed by atoms with Crippen molar-refractivity contribution in [3.63, 3.8) is 0 Å². The molecule has 0 bridgehead atoms. The van der Waals surface area contributed by atoms with Crippen LogP contribution in [0.4, 0.5) is 0 Å². The van der Waals surface area contributed by atoms with Crippen LogP contribution in [0.5, 0.6) is 0 Å². The first-order chi connectivity index (χ1) is 10.2. The van der Waals surface area contributed by atoms with Crippen LogP contribution in [0, 0.1) is 17.8 Å².